The minimum Gasteiger partial charge on any atom is -0.376 e. The van der Waals surface area contributed by atoms with E-state index in [9.17, 15) is 4.79 Å². The topological polar surface area (TPSA) is 54.0 Å². The number of unbranched alkanes of at least 4 members (excludes halogenated alkanes) is 7. The van der Waals surface area contributed by atoms with Gasteiger partial charge in [0.25, 0.3) is 0 Å². The molecule has 0 saturated carbocycles. The van der Waals surface area contributed by atoms with Gasteiger partial charge in [-0.2, -0.15) is 0 Å². The lowest BCUT2D eigenvalue weighted by Crippen LogP contribution is -2.29. The van der Waals surface area contributed by atoms with Crippen LogP contribution in [0.2, 0.25) is 0 Å². The smallest absolute Gasteiger partial charge is 0.148 e. The Labute approximate surface area is 166 Å². The zero-order valence-corrected chi connectivity index (χ0v) is 17.7. The van der Waals surface area contributed by atoms with Gasteiger partial charge in [-0.25, -0.2) is 0 Å². The minimum atomic E-state index is -0.0833. The molecular weight excluding hydrogens is 344 g/mol. The predicted octanol–water partition coefficient (Wildman–Crippen LogP) is 5.05. The van der Waals surface area contributed by atoms with Crippen LogP contribution in [0.4, 0.5) is 0 Å². The summed E-state index contributed by atoms with van der Waals surface area (Å²) in [5.41, 5.74) is 0. The van der Waals surface area contributed by atoms with Crippen molar-refractivity contribution >= 4 is 6.29 Å². The van der Waals surface area contributed by atoms with E-state index < -0.39 is 0 Å². The normalized spacial score (nSPS) is 23.0. The lowest BCUT2D eigenvalue weighted by atomic mass is 10.0. The minimum absolute atomic E-state index is 0.0833. The number of rotatable bonds is 14. The Balaban J connectivity index is 0.000000433. The summed E-state index contributed by atoms with van der Waals surface area (Å²) in [6, 6.07) is 0. The molecule has 2 aliphatic rings. The first-order valence-corrected chi connectivity index (χ1v) is 11.1. The third kappa shape index (κ3) is 12.6. The van der Waals surface area contributed by atoms with E-state index in [-0.39, 0.29) is 12.2 Å². The highest BCUT2D eigenvalue weighted by atomic mass is 16.7. The van der Waals surface area contributed by atoms with Crippen LogP contribution >= 0.6 is 0 Å². The molecular formula is C22H42O5. The molecule has 0 N–H and O–H groups in total. The van der Waals surface area contributed by atoms with Gasteiger partial charge in [-0.05, 0) is 32.1 Å². The van der Waals surface area contributed by atoms with Crippen molar-refractivity contribution in [1.29, 1.82) is 0 Å². The summed E-state index contributed by atoms with van der Waals surface area (Å²) >= 11 is 0. The van der Waals surface area contributed by atoms with Crippen molar-refractivity contribution in [3.8, 4) is 0 Å². The lowest BCUT2D eigenvalue weighted by Gasteiger charge is -2.23. The van der Waals surface area contributed by atoms with Crippen molar-refractivity contribution < 1.29 is 23.7 Å². The van der Waals surface area contributed by atoms with E-state index in [2.05, 4.69) is 6.92 Å². The first-order chi connectivity index (χ1) is 13.3. The van der Waals surface area contributed by atoms with Gasteiger partial charge in [0.2, 0.25) is 0 Å². The van der Waals surface area contributed by atoms with Crippen LogP contribution in [0.1, 0.15) is 90.4 Å². The molecule has 2 aliphatic heterocycles. The molecule has 2 fully saturated rings. The molecule has 2 heterocycles. The Morgan fingerprint density at radius 3 is 2.15 bits per heavy atom. The molecule has 0 aromatic carbocycles. The van der Waals surface area contributed by atoms with Crippen LogP contribution in [0.15, 0.2) is 0 Å². The average Bonchev–Trinajstić information content (AvgIpc) is 3.40. The zero-order chi connectivity index (χ0) is 19.6. The molecule has 3 unspecified atom stereocenters. The summed E-state index contributed by atoms with van der Waals surface area (Å²) in [5, 5.41) is 0. The van der Waals surface area contributed by atoms with E-state index in [0.717, 1.165) is 45.2 Å². The number of aldehydes is 1. The molecule has 2 rings (SSSR count). The molecule has 0 aromatic heterocycles. The van der Waals surface area contributed by atoms with Crippen molar-refractivity contribution in [2.24, 2.45) is 0 Å². The fourth-order valence-electron chi connectivity index (χ4n) is 3.62. The molecule has 27 heavy (non-hydrogen) atoms. The van der Waals surface area contributed by atoms with Crippen LogP contribution in [0.25, 0.3) is 0 Å². The highest BCUT2D eigenvalue weighted by molar-refractivity contribution is 5.56. The maximum absolute atomic E-state index is 9.88. The van der Waals surface area contributed by atoms with Crippen molar-refractivity contribution in [1.82, 2.24) is 0 Å². The average molecular weight is 387 g/mol. The van der Waals surface area contributed by atoms with Gasteiger partial charge in [0, 0.05) is 20.3 Å². The predicted molar refractivity (Wildman–Crippen MR) is 108 cm³/mol. The summed E-state index contributed by atoms with van der Waals surface area (Å²) in [6.45, 7) is 4.32. The van der Waals surface area contributed by atoms with Crippen LogP contribution in [-0.2, 0) is 23.7 Å². The Bertz CT molecular complexity index is 325. The van der Waals surface area contributed by atoms with Crippen molar-refractivity contribution in [2.45, 2.75) is 109 Å². The van der Waals surface area contributed by atoms with Crippen molar-refractivity contribution in [2.75, 3.05) is 27.1 Å². The van der Waals surface area contributed by atoms with Crippen molar-refractivity contribution in [3.05, 3.63) is 0 Å². The molecule has 0 bridgehead atoms. The molecule has 5 nitrogen and oxygen atoms in total. The fraction of sp³-hybridized carbons (Fsp3) is 0.955. The fourth-order valence-corrected chi connectivity index (χ4v) is 3.62. The second-order valence-corrected chi connectivity index (χ2v) is 7.61. The first kappa shape index (κ1) is 24.5. The highest BCUT2D eigenvalue weighted by Gasteiger charge is 2.26. The van der Waals surface area contributed by atoms with Gasteiger partial charge in [-0.3, -0.25) is 0 Å². The molecule has 0 spiro atoms. The third-order valence-corrected chi connectivity index (χ3v) is 5.24. The third-order valence-electron chi connectivity index (χ3n) is 5.24. The molecule has 0 radical (unpaired) electrons. The summed E-state index contributed by atoms with van der Waals surface area (Å²) in [7, 11) is 1.68. The summed E-state index contributed by atoms with van der Waals surface area (Å²) in [6.07, 6.45) is 17.6. The van der Waals surface area contributed by atoms with Crippen LogP contribution in [0.3, 0.4) is 0 Å². The second-order valence-electron chi connectivity index (χ2n) is 7.61. The first-order valence-electron chi connectivity index (χ1n) is 11.1. The molecule has 2 saturated heterocycles. The number of ether oxygens (including phenoxy) is 4. The van der Waals surface area contributed by atoms with E-state index in [4.69, 9.17) is 18.9 Å². The second kappa shape index (κ2) is 17.6. The quantitative estimate of drug-likeness (QED) is 0.237. The Kier molecular flexibility index (Phi) is 16.0. The Hall–Kier alpha value is -0.490. The zero-order valence-electron chi connectivity index (χ0n) is 17.7. The summed E-state index contributed by atoms with van der Waals surface area (Å²) in [5.74, 6) is 0. The van der Waals surface area contributed by atoms with E-state index in [1.807, 2.05) is 0 Å². The maximum atomic E-state index is 9.88. The van der Waals surface area contributed by atoms with E-state index in [1.165, 1.54) is 57.8 Å². The Morgan fingerprint density at radius 2 is 1.63 bits per heavy atom. The summed E-state index contributed by atoms with van der Waals surface area (Å²) in [4.78, 5) is 9.88. The van der Waals surface area contributed by atoms with Crippen LogP contribution in [0.5, 0.6) is 0 Å². The van der Waals surface area contributed by atoms with E-state index in [1.54, 1.807) is 7.11 Å². The molecule has 160 valence electrons. The van der Waals surface area contributed by atoms with Gasteiger partial charge in [-0.1, -0.05) is 58.3 Å². The summed E-state index contributed by atoms with van der Waals surface area (Å²) < 4.78 is 21.5. The SMILES string of the molecule is CCCCCCCCCCC(OCOC)C1CCCO1.O=CC1CCCO1. The number of hydrogen-bond donors (Lipinski definition) is 0. The largest absolute Gasteiger partial charge is 0.376 e. The van der Waals surface area contributed by atoms with Crippen LogP contribution in [-0.4, -0.2) is 51.7 Å². The van der Waals surface area contributed by atoms with Gasteiger partial charge >= 0.3 is 0 Å². The van der Waals surface area contributed by atoms with E-state index in [0.29, 0.717) is 12.9 Å². The van der Waals surface area contributed by atoms with Crippen LogP contribution in [0, 0.1) is 0 Å². The highest BCUT2D eigenvalue weighted by Crippen LogP contribution is 2.22. The number of methoxy groups -OCH3 is 1. The van der Waals surface area contributed by atoms with Gasteiger partial charge < -0.3 is 23.7 Å². The van der Waals surface area contributed by atoms with Crippen LogP contribution < -0.4 is 0 Å². The maximum Gasteiger partial charge on any atom is 0.148 e. The van der Waals surface area contributed by atoms with Gasteiger partial charge in [-0.15, -0.1) is 0 Å². The standard InChI is InChI=1S/C17H34O3.C5H8O2/c1-3-4-5-6-7-8-9-10-12-17(20-15-18-2)16-13-11-14-19-16;6-4-5-2-1-3-7-5/h16-17H,3-15H2,1-2H3;4-5H,1-3H2. The van der Waals surface area contributed by atoms with Gasteiger partial charge in [0.05, 0.1) is 12.2 Å². The molecule has 0 aromatic rings. The lowest BCUT2D eigenvalue weighted by molar-refractivity contribution is -0.119. The van der Waals surface area contributed by atoms with E-state index >= 15 is 0 Å². The molecule has 3 atom stereocenters. The number of carbonyl (C=O) groups is 1. The van der Waals surface area contributed by atoms with Gasteiger partial charge in [0.15, 0.2) is 0 Å². The van der Waals surface area contributed by atoms with Crippen molar-refractivity contribution in [3.63, 3.8) is 0 Å². The monoisotopic (exact) mass is 386 g/mol. The number of carbonyl (C=O) groups excluding carboxylic acids is 1. The van der Waals surface area contributed by atoms with Gasteiger partial charge in [0.1, 0.15) is 19.2 Å². The molecule has 0 amide bonds. The molecule has 0 aliphatic carbocycles. The Morgan fingerprint density at radius 1 is 0.963 bits per heavy atom. The number of hydrogen-bond acceptors (Lipinski definition) is 5. The molecule has 5 heteroatoms.